The van der Waals surface area contributed by atoms with Crippen LogP contribution < -0.4 is 10.6 Å². The summed E-state index contributed by atoms with van der Waals surface area (Å²) in [6, 6.07) is 7.94. The van der Waals surface area contributed by atoms with Crippen LogP contribution in [0.25, 0.3) is 0 Å². The van der Waals surface area contributed by atoms with Crippen LogP contribution in [0.2, 0.25) is 0 Å². The van der Waals surface area contributed by atoms with E-state index in [1.165, 1.54) is 30.1 Å². The van der Waals surface area contributed by atoms with Gasteiger partial charge in [-0.2, -0.15) is 0 Å². The SMILES string of the molecule is CN(c1cc(F)c(C(=O)O)cc1N)c1ccccc1F. The molecule has 0 aliphatic rings. The Labute approximate surface area is 114 Å². The Kier molecular flexibility index (Phi) is 3.56. The molecule has 0 aliphatic heterocycles. The van der Waals surface area contributed by atoms with Gasteiger partial charge in [-0.3, -0.25) is 0 Å². The van der Waals surface area contributed by atoms with E-state index in [0.717, 1.165) is 12.1 Å². The Morgan fingerprint density at radius 2 is 1.80 bits per heavy atom. The van der Waals surface area contributed by atoms with Crippen LogP contribution in [0.4, 0.5) is 25.8 Å². The van der Waals surface area contributed by atoms with E-state index in [9.17, 15) is 13.6 Å². The van der Waals surface area contributed by atoms with E-state index in [4.69, 9.17) is 10.8 Å². The zero-order valence-electron chi connectivity index (χ0n) is 10.6. The van der Waals surface area contributed by atoms with Gasteiger partial charge in [0.25, 0.3) is 0 Å². The Morgan fingerprint density at radius 1 is 1.15 bits per heavy atom. The van der Waals surface area contributed by atoms with E-state index < -0.39 is 23.2 Å². The monoisotopic (exact) mass is 278 g/mol. The van der Waals surface area contributed by atoms with Crippen molar-refractivity contribution in [3.8, 4) is 0 Å². The molecule has 0 atom stereocenters. The third-order valence-electron chi connectivity index (χ3n) is 2.92. The Morgan fingerprint density at radius 3 is 2.40 bits per heavy atom. The maximum absolute atomic E-state index is 13.7. The molecule has 0 amide bonds. The number of carboxylic acid groups (broad SMARTS) is 1. The largest absolute Gasteiger partial charge is 0.478 e. The minimum Gasteiger partial charge on any atom is -0.478 e. The van der Waals surface area contributed by atoms with Gasteiger partial charge in [0.05, 0.1) is 22.6 Å². The smallest absolute Gasteiger partial charge is 0.338 e. The molecule has 0 heterocycles. The Hall–Kier alpha value is -2.63. The molecule has 104 valence electrons. The molecular formula is C14H12F2N2O2. The summed E-state index contributed by atoms with van der Waals surface area (Å²) in [4.78, 5) is 12.2. The van der Waals surface area contributed by atoms with Crippen molar-refractivity contribution in [2.24, 2.45) is 0 Å². The van der Waals surface area contributed by atoms with Gasteiger partial charge in [0.15, 0.2) is 0 Å². The van der Waals surface area contributed by atoms with E-state index in [-0.39, 0.29) is 17.1 Å². The molecular weight excluding hydrogens is 266 g/mol. The molecule has 0 fully saturated rings. The second-order valence-corrected chi connectivity index (χ2v) is 4.21. The molecule has 0 spiro atoms. The summed E-state index contributed by atoms with van der Waals surface area (Å²) >= 11 is 0. The third-order valence-corrected chi connectivity index (χ3v) is 2.92. The van der Waals surface area contributed by atoms with Crippen LogP contribution >= 0.6 is 0 Å². The second-order valence-electron chi connectivity index (χ2n) is 4.21. The first-order valence-electron chi connectivity index (χ1n) is 5.72. The van der Waals surface area contributed by atoms with Crippen molar-refractivity contribution in [1.29, 1.82) is 0 Å². The van der Waals surface area contributed by atoms with Gasteiger partial charge >= 0.3 is 5.97 Å². The molecule has 2 aromatic carbocycles. The number of aromatic carboxylic acids is 1. The van der Waals surface area contributed by atoms with E-state index >= 15 is 0 Å². The average molecular weight is 278 g/mol. The van der Waals surface area contributed by atoms with E-state index in [0.29, 0.717) is 0 Å². The van der Waals surface area contributed by atoms with Crippen molar-refractivity contribution >= 4 is 23.0 Å². The van der Waals surface area contributed by atoms with Crippen LogP contribution in [0.5, 0.6) is 0 Å². The molecule has 6 heteroatoms. The second kappa shape index (κ2) is 5.16. The molecule has 20 heavy (non-hydrogen) atoms. The molecule has 0 unspecified atom stereocenters. The third kappa shape index (κ3) is 2.40. The van der Waals surface area contributed by atoms with Gasteiger partial charge in [-0.1, -0.05) is 12.1 Å². The number of hydrogen-bond acceptors (Lipinski definition) is 3. The summed E-state index contributed by atoms with van der Waals surface area (Å²) in [6.45, 7) is 0. The fourth-order valence-electron chi connectivity index (χ4n) is 1.89. The lowest BCUT2D eigenvalue weighted by Crippen LogP contribution is -2.14. The number of rotatable bonds is 3. The summed E-state index contributed by atoms with van der Waals surface area (Å²) in [7, 11) is 1.52. The summed E-state index contributed by atoms with van der Waals surface area (Å²) in [5.41, 5.74) is 5.65. The molecule has 0 bridgehead atoms. The van der Waals surface area contributed by atoms with Gasteiger partial charge in [-0.15, -0.1) is 0 Å². The summed E-state index contributed by atoms with van der Waals surface area (Å²) in [6.07, 6.45) is 0. The van der Waals surface area contributed by atoms with Crippen molar-refractivity contribution in [2.45, 2.75) is 0 Å². The van der Waals surface area contributed by atoms with Crippen molar-refractivity contribution in [3.63, 3.8) is 0 Å². The quantitative estimate of drug-likeness (QED) is 0.847. The van der Waals surface area contributed by atoms with Crippen LogP contribution in [0.15, 0.2) is 36.4 Å². The van der Waals surface area contributed by atoms with Crippen LogP contribution in [0.1, 0.15) is 10.4 Å². The van der Waals surface area contributed by atoms with Gasteiger partial charge in [-0.25, -0.2) is 13.6 Å². The highest BCUT2D eigenvalue weighted by atomic mass is 19.1. The number of carbonyl (C=O) groups is 1. The van der Waals surface area contributed by atoms with E-state index in [2.05, 4.69) is 0 Å². The lowest BCUT2D eigenvalue weighted by molar-refractivity contribution is 0.0692. The number of para-hydroxylation sites is 1. The number of hydrogen-bond donors (Lipinski definition) is 2. The maximum atomic E-state index is 13.7. The highest BCUT2D eigenvalue weighted by Gasteiger charge is 2.17. The number of benzene rings is 2. The summed E-state index contributed by atoms with van der Waals surface area (Å²) in [5, 5.41) is 8.81. The van der Waals surface area contributed by atoms with Crippen molar-refractivity contribution in [1.82, 2.24) is 0 Å². The lowest BCUT2D eigenvalue weighted by Gasteiger charge is -2.22. The first-order chi connectivity index (χ1) is 9.41. The van der Waals surface area contributed by atoms with Crippen molar-refractivity contribution < 1.29 is 18.7 Å². The van der Waals surface area contributed by atoms with Crippen molar-refractivity contribution in [2.75, 3.05) is 17.7 Å². The van der Waals surface area contributed by atoms with Gasteiger partial charge < -0.3 is 15.7 Å². The van der Waals surface area contributed by atoms with E-state index in [1.54, 1.807) is 6.07 Å². The van der Waals surface area contributed by atoms with Crippen LogP contribution in [0, 0.1) is 11.6 Å². The highest BCUT2D eigenvalue weighted by molar-refractivity contribution is 5.91. The fraction of sp³-hybridized carbons (Fsp3) is 0.0714. The Balaban J connectivity index is 2.51. The molecule has 0 radical (unpaired) electrons. The molecule has 0 saturated heterocycles. The summed E-state index contributed by atoms with van der Waals surface area (Å²) < 4.78 is 27.4. The molecule has 2 aromatic rings. The number of carboxylic acids is 1. The number of nitrogens with two attached hydrogens (primary N) is 1. The van der Waals surface area contributed by atoms with Crippen LogP contribution in [0.3, 0.4) is 0 Å². The molecule has 2 rings (SSSR count). The number of halogens is 2. The first-order valence-corrected chi connectivity index (χ1v) is 5.72. The van der Waals surface area contributed by atoms with E-state index in [1.807, 2.05) is 0 Å². The molecule has 3 N–H and O–H groups in total. The summed E-state index contributed by atoms with van der Waals surface area (Å²) in [5.74, 6) is -2.82. The average Bonchev–Trinajstić information content (AvgIpc) is 2.40. The highest BCUT2D eigenvalue weighted by Crippen LogP contribution is 2.32. The minimum absolute atomic E-state index is 0.0505. The normalized spacial score (nSPS) is 10.3. The van der Waals surface area contributed by atoms with Crippen molar-refractivity contribution in [3.05, 3.63) is 53.6 Å². The van der Waals surface area contributed by atoms with Crippen LogP contribution in [-0.2, 0) is 0 Å². The predicted octanol–water partition coefficient (Wildman–Crippen LogP) is 3.01. The number of nitrogens with zero attached hydrogens (tertiary/aromatic N) is 1. The topological polar surface area (TPSA) is 66.6 Å². The molecule has 0 aliphatic carbocycles. The molecule has 0 saturated carbocycles. The number of nitrogen functional groups attached to an aromatic ring is 1. The molecule has 0 aromatic heterocycles. The zero-order valence-corrected chi connectivity index (χ0v) is 10.6. The first kappa shape index (κ1) is 13.8. The predicted molar refractivity (Wildman–Crippen MR) is 72.2 cm³/mol. The van der Waals surface area contributed by atoms with Gasteiger partial charge in [0.2, 0.25) is 0 Å². The number of anilines is 3. The standard InChI is InChI=1S/C14H12F2N2O2/c1-18(12-5-3-2-4-9(12)15)13-7-10(16)8(14(19)20)6-11(13)17/h2-7H,17H2,1H3,(H,19,20). The lowest BCUT2D eigenvalue weighted by atomic mass is 10.1. The van der Waals surface area contributed by atoms with Gasteiger partial charge in [0, 0.05) is 13.1 Å². The molecule has 4 nitrogen and oxygen atoms in total. The minimum atomic E-state index is -1.41. The Bertz CT molecular complexity index is 674. The van der Waals surface area contributed by atoms with Gasteiger partial charge in [-0.05, 0) is 18.2 Å². The fourth-order valence-corrected chi connectivity index (χ4v) is 1.89. The van der Waals surface area contributed by atoms with Gasteiger partial charge in [0.1, 0.15) is 11.6 Å². The van der Waals surface area contributed by atoms with Crippen LogP contribution in [-0.4, -0.2) is 18.1 Å². The zero-order chi connectivity index (χ0) is 14.9. The maximum Gasteiger partial charge on any atom is 0.338 e.